The van der Waals surface area contributed by atoms with E-state index < -0.39 is 6.10 Å². The average molecular weight is 334 g/mol. The molecule has 6 nitrogen and oxygen atoms in total. The van der Waals surface area contributed by atoms with E-state index in [1.165, 1.54) is 0 Å². The number of benzene rings is 2. The summed E-state index contributed by atoms with van der Waals surface area (Å²) in [6.45, 7) is 0.307. The summed E-state index contributed by atoms with van der Waals surface area (Å²) in [5, 5.41) is 13.0. The normalized spacial score (nSPS) is 20.0. The molecule has 2 heterocycles. The molecule has 0 radical (unpaired) electrons. The molecule has 1 saturated heterocycles. The maximum atomic E-state index is 12.8. The topological polar surface area (TPSA) is 78.4 Å². The van der Waals surface area contributed by atoms with Crippen LogP contribution in [0, 0.1) is 0 Å². The van der Waals surface area contributed by atoms with Gasteiger partial charge in [-0.3, -0.25) is 9.97 Å². The van der Waals surface area contributed by atoms with Gasteiger partial charge in [0.05, 0.1) is 23.3 Å². The Labute approximate surface area is 145 Å². The van der Waals surface area contributed by atoms with Crippen LogP contribution in [0.3, 0.4) is 0 Å². The van der Waals surface area contributed by atoms with Gasteiger partial charge in [0.1, 0.15) is 5.52 Å². The number of rotatable bonds is 2. The molecule has 3 aromatic rings. The number of hydrogen-bond donors (Lipinski definition) is 2. The number of nitrogens with zero attached hydrogens (tertiary/aromatic N) is 3. The van der Waals surface area contributed by atoms with Crippen molar-refractivity contribution in [3.63, 3.8) is 0 Å². The van der Waals surface area contributed by atoms with Crippen molar-refractivity contribution in [2.45, 2.75) is 18.6 Å². The largest absolute Gasteiger partial charge is 0.391 e. The van der Waals surface area contributed by atoms with Crippen LogP contribution in [0.4, 0.5) is 10.5 Å². The Morgan fingerprint density at radius 1 is 1.08 bits per heavy atom. The molecule has 1 aliphatic rings. The summed E-state index contributed by atoms with van der Waals surface area (Å²) >= 11 is 0. The fourth-order valence-electron chi connectivity index (χ4n) is 3.31. The van der Waals surface area contributed by atoms with Crippen LogP contribution in [0.25, 0.3) is 11.0 Å². The summed E-state index contributed by atoms with van der Waals surface area (Å²) in [5.74, 6) is 0. The first-order chi connectivity index (χ1) is 12.2. The third-order valence-corrected chi connectivity index (χ3v) is 4.46. The van der Waals surface area contributed by atoms with Crippen molar-refractivity contribution in [3.05, 3.63) is 66.5 Å². The summed E-state index contributed by atoms with van der Waals surface area (Å²) in [4.78, 5) is 23.1. The van der Waals surface area contributed by atoms with Crippen LogP contribution >= 0.6 is 0 Å². The number of carbonyl (C=O) groups excluding carboxylic acids is 1. The molecule has 1 aromatic heterocycles. The van der Waals surface area contributed by atoms with E-state index in [2.05, 4.69) is 15.3 Å². The highest BCUT2D eigenvalue weighted by Crippen LogP contribution is 2.33. The van der Waals surface area contributed by atoms with Gasteiger partial charge in [0.2, 0.25) is 0 Å². The molecule has 0 aliphatic carbocycles. The lowest BCUT2D eigenvalue weighted by Crippen LogP contribution is -2.35. The number of β-amino-alcohol motifs (C(OH)–C–C–N with tert-alkyl or cyclic N) is 1. The molecule has 2 atom stereocenters. The number of fused-ring (bicyclic) bond motifs is 1. The van der Waals surface area contributed by atoms with Crippen molar-refractivity contribution in [2.24, 2.45) is 0 Å². The van der Waals surface area contributed by atoms with Gasteiger partial charge in [-0.25, -0.2) is 4.79 Å². The van der Waals surface area contributed by atoms with Crippen molar-refractivity contribution < 1.29 is 9.90 Å². The van der Waals surface area contributed by atoms with Crippen LogP contribution in [0.1, 0.15) is 18.0 Å². The number of anilines is 1. The van der Waals surface area contributed by atoms with E-state index in [4.69, 9.17) is 0 Å². The van der Waals surface area contributed by atoms with Gasteiger partial charge in [-0.15, -0.1) is 0 Å². The average Bonchev–Trinajstić information content (AvgIpc) is 3.05. The van der Waals surface area contributed by atoms with Gasteiger partial charge in [0.15, 0.2) is 0 Å². The van der Waals surface area contributed by atoms with Crippen LogP contribution in [0.15, 0.2) is 60.9 Å². The molecule has 0 bridgehead atoms. The van der Waals surface area contributed by atoms with E-state index in [-0.39, 0.29) is 12.1 Å². The van der Waals surface area contributed by atoms with Crippen molar-refractivity contribution in [1.29, 1.82) is 0 Å². The number of nitrogens with one attached hydrogen (secondary N) is 1. The van der Waals surface area contributed by atoms with E-state index >= 15 is 0 Å². The predicted octanol–water partition coefficient (Wildman–Crippen LogP) is 2.97. The summed E-state index contributed by atoms with van der Waals surface area (Å²) < 4.78 is 0. The van der Waals surface area contributed by atoms with Crippen molar-refractivity contribution in [2.75, 3.05) is 11.9 Å². The Kier molecular flexibility index (Phi) is 4.03. The fraction of sp³-hybridized carbons (Fsp3) is 0.211. The highest BCUT2D eigenvalue weighted by atomic mass is 16.3. The van der Waals surface area contributed by atoms with Gasteiger partial charge in [-0.05, 0) is 24.1 Å². The molecule has 2 aromatic carbocycles. The van der Waals surface area contributed by atoms with Gasteiger partial charge in [0, 0.05) is 18.9 Å². The number of para-hydroxylation sites is 1. The standard InChI is InChI=1S/C19H18N4O2/c24-14-11-17(13-5-2-1-3-6-13)23(12-14)19(25)22-16-8-4-7-15-18(16)21-10-9-20-15/h1-10,14,17,24H,11-12H2,(H,22,25). The third-order valence-electron chi connectivity index (χ3n) is 4.46. The fourth-order valence-corrected chi connectivity index (χ4v) is 3.31. The maximum absolute atomic E-state index is 12.8. The first-order valence-corrected chi connectivity index (χ1v) is 8.23. The summed E-state index contributed by atoms with van der Waals surface area (Å²) in [6, 6.07) is 14.9. The van der Waals surface area contributed by atoms with E-state index in [0.29, 0.717) is 24.2 Å². The third kappa shape index (κ3) is 3.04. The van der Waals surface area contributed by atoms with Gasteiger partial charge >= 0.3 is 6.03 Å². The van der Waals surface area contributed by atoms with Crippen molar-refractivity contribution >= 4 is 22.8 Å². The van der Waals surface area contributed by atoms with Crippen LogP contribution in [0.2, 0.25) is 0 Å². The summed E-state index contributed by atoms with van der Waals surface area (Å²) in [5.41, 5.74) is 3.01. The number of urea groups is 1. The monoisotopic (exact) mass is 334 g/mol. The predicted molar refractivity (Wildman–Crippen MR) is 95.1 cm³/mol. The Hall–Kier alpha value is -2.99. The molecular formula is C19H18N4O2. The van der Waals surface area contributed by atoms with E-state index in [9.17, 15) is 9.90 Å². The number of carbonyl (C=O) groups is 1. The zero-order valence-corrected chi connectivity index (χ0v) is 13.5. The second-order valence-electron chi connectivity index (χ2n) is 6.13. The molecular weight excluding hydrogens is 316 g/mol. The van der Waals surface area contributed by atoms with E-state index in [1.807, 2.05) is 42.5 Å². The van der Waals surface area contributed by atoms with Crippen molar-refractivity contribution in [3.8, 4) is 0 Å². The molecule has 4 rings (SSSR count). The lowest BCUT2D eigenvalue weighted by atomic mass is 10.0. The molecule has 0 spiro atoms. The molecule has 2 unspecified atom stereocenters. The zero-order chi connectivity index (χ0) is 17.2. The SMILES string of the molecule is O=C(Nc1cccc2nccnc12)N1CC(O)CC1c1ccccc1. The first-order valence-electron chi connectivity index (χ1n) is 8.23. The molecule has 25 heavy (non-hydrogen) atoms. The zero-order valence-electron chi connectivity index (χ0n) is 13.5. The summed E-state index contributed by atoms with van der Waals surface area (Å²) in [6.07, 6.45) is 3.23. The minimum absolute atomic E-state index is 0.141. The number of likely N-dealkylation sites (tertiary alicyclic amines) is 1. The first kappa shape index (κ1) is 15.5. The van der Waals surface area contributed by atoms with E-state index in [0.717, 1.165) is 11.1 Å². The Bertz CT molecular complexity index is 895. The highest BCUT2D eigenvalue weighted by Gasteiger charge is 2.35. The van der Waals surface area contributed by atoms with E-state index in [1.54, 1.807) is 23.4 Å². The van der Waals surface area contributed by atoms with Crippen LogP contribution in [-0.4, -0.2) is 38.7 Å². The number of aliphatic hydroxyl groups is 1. The smallest absolute Gasteiger partial charge is 0.322 e. The Morgan fingerprint density at radius 3 is 2.72 bits per heavy atom. The van der Waals surface area contributed by atoms with Gasteiger partial charge in [-0.2, -0.15) is 0 Å². The summed E-state index contributed by atoms with van der Waals surface area (Å²) in [7, 11) is 0. The highest BCUT2D eigenvalue weighted by molar-refractivity contribution is 5.98. The molecule has 1 fully saturated rings. The molecule has 126 valence electrons. The van der Waals surface area contributed by atoms with Crippen LogP contribution in [-0.2, 0) is 0 Å². The van der Waals surface area contributed by atoms with Gasteiger partial charge in [-0.1, -0.05) is 36.4 Å². The van der Waals surface area contributed by atoms with Crippen LogP contribution < -0.4 is 5.32 Å². The quantitative estimate of drug-likeness (QED) is 0.755. The molecule has 2 N–H and O–H groups in total. The second-order valence-corrected chi connectivity index (χ2v) is 6.13. The van der Waals surface area contributed by atoms with Gasteiger partial charge < -0.3 is 15.3 Å². The number of hydrogen-bond acceptors (Lipinski definition) is 4. The van der Waals surface area contributed by atoms with Gasteiger partial charge in [0.25, 0.3) is 0 Å². The lowest BCUT2D eigenvalue weighted by molar-refractivity contribution is 0.176. The number of aromatic nitrogens is 2. The maximum Gasteiger partial charge on any atom is 0.322 e. The lowest BCUT2D eigenvalue weighted by Gasteiger charge is -2.25. The molecule has 6 heteroatoms. The Morgan fingerprint density at radius 2 is 1.88 bits per heavy atom. The van der Waals surface area contributed by atoms with Crippen molar-refractivity contribution in [1.82, 2.24) is 14.9 Å². The molecule has 2 amide bonds. The number of amides is 2. The minimum Gasteiger partial charge on any atom is -0.391 e. The minimum atomic E-state index is -0.525. The van der Waals surface area contributed by atoms with Crippen LogP contribution in [0.5, 0.6) is 0 Å². The molecule has 1 aliphatic heterocycles. The second kappa shape index (κ2) is 6.49. The molecule has 0 saturated carbocycles. The number of aliphatic hydroxyl groups excluding tert-OH is 1. The Balaban J connectivity index is 1.61.